The molecule has 0 heterocycles. The number of halogens is 1. The topological polar surface area (TPSA) is 26.0 Å². The fourth-order valence-corrected chi connectivity index (χ4v) is 2.48. The smallest absolute Gasteiger partial charge is 0.0175 e. The minimum atomic E-state index is 0.193. The van der Waals surface area contributed by atoms with Crippen LogP contribution in [0.5, 0.6) is 0 Å². The van der Waals surface area contributed by atoms with E-state index in [4.69, 9.17) is 5.73 Å². The van der Waals surface area contributed by atoms with E-state index in [1.807, 2.05) is 6.07 Å². The number of nitrogens with two attached hydrogens (primary N) is 1. The van der Waals surface area contributed by atoms with Crippen LogP contribution in [0.2, 0.25) is 0 Å². The molecule has 0 aliphatic carbocycles. The van der Waals surface area contributed by atoms with Crippen LogP contribution in [0.25, 0.3) is 0 Å². The third-order valence-electron chi connectivity index (χ3n) is 3.08. The van der Waals surface area contributed by atoms with Crippen LogP contribution in [0.15, 0.2) is 59.1 Å². The molecule has 0 amide bonds. The molecule has 0 spiro atoms. The van der Waals surface area contributed by atoms with Crippen LogP contribution >= 0.6 is 15.9 Å². The number of benzene rings is 2. The summed E-state index contributed by atoms with van der Waals surface area (Å²) < 4.78 is 1.11. The third-order valence-corrected chi connectivity index (χ3v) is 3.61. The Labute approximate surface area is 117 Å². The predicted octanol–water partition coefficient (Wildman–Crippen LogP) is 4.32. The van der Waals surface area contributed by atoms with E-state index in [-0.39, 0.29) is 6.04 Å². The zero-order valence-corrected chi connectivity index (χ0v) is 12.1. The lowest BCUT2D eigenvalue weighted by molar-refractivity contribution is 0.608. The standard InChI is InChI=1S/C16H18BrN/c1-12(18)11-16(13-5-3-2-4-6-13)14-7-9-15(17)10-8-14/h2-10,12,16H,11,18H2,1H3. The van der Waals surface area contributed by atoms with Gasteiger partial charge in [-0.05, 0) is 36.6 Å². The van der Waals surface area contributed by atoms with Crippen LogP contribution in [0.4, 0.5) is 0 Å². The molecule has 94 valence electrons. The molecule has 0 aromatic heterocycles. The second-order valence-corrected chi connectivity index (χ2v) is 5.64. The molecule has 0 aliphatic heterocycles. The molecule has 2 rings (SSSR count). The lowest BCUT2D eigenvalue weighted by Crippen LogP contribution is -2.19. The van der Waals surface area contributed by atoms with Gasteiger partial charge in [0.15, 0.2) is 0 Å². The van der Waals surface area contributed by atoms with E-state index in [2.05, 4.69) is 71.4 Å². The van der Waals surface area contributed by atoms with E-state index in [0.29, 0.717) is 5.92 Å². The van der Waals surface area contributed by atoms with Gasteiger partial charge in [0.25, 0.3) is 0 Å². The van der Waals surface area contributed by atoms with Crippen molar-refractivity contribution in [2.24, 2.45) is 5.73 Å². The van der Waals surface area contributed by atoms with Crippen molar-refractivity contribution in [3.63, 3.8) is 0 Å². The monoisotopic (exact) mass is 303 g/mol. The largest absolute Gasteiger partial charge is 0.328 e. The molecule has 0 saturated carbocycles. The van der Waals surface area contributed by atoms with Gasteiger partial charge in [-0.25, -0.2) is 0 Å². The Balaban J connectivity index is 2.33. The summed E-state index contributed by atoms with van der Waals surface area (Å²) >= 11 is 3.48. The van der Waals surface area contributed by atoms with Crippen LogP contribution in [-0.4, -0.2) is 6.04 Å². The first kappa shape index (κ1) is 13.3. The van der Waals surface area contributed by atoms with E-state index < -0.39 is 0 Å². The summed E-state index contributed by atoms with van der Waals surface area (Å²) in [6.45, 7) is 2.06. The highest BCUT2D eigenvalue weighted by Crippen LogP contribution is 2.29. The minimum absolute atomic E-state index is 0.193. The van der Waals surface area contributed by atoms with Gasteiger partial charge >= 0.3 is 0 Å². The van der Waals surface area contributed by atoms with Crippen LogP contribution in [0.3, 0.4) is 0 Å². The van der Waals surface area contributed by atoms with E-state index in [1.54, 1.807) is 0 Å². The Kier molecular flexibility index (Phi) is 4.56. The Morgan fingerprint density at radius 2 is 1.50 bits per heavy atom. The maximum Gasteiger partial charge on any atom is 0.0175 e. The molecule has 0 radical (unpaired) electrons. The molecular weight excluding hydrogens is 286 g/mol. The van der Waals surface area contributed by atoms with Crippen molar-refractivity contribution in [1.29, 1.82) is 0 Å². The summed E-state index contributed by atoms with van der Waals surface area (Å²) in [5.74, 6) is 0.374. The highest BCUT2D eigenvalue weighted by molar-refractivity contribution is 9.10. The summed E-state index contributed by atoms with van der Waals surface area (Å²) in [5.41, 5.74) is 8.64. The van der Waals surface area contributed by atoms with E-state index in [1.165, 1.54) is 11.1 Å². The van der Waals surface area contributed by atoms with E-state index in [0.717, 1.165) is 10.9 Å². The maximum absolute atomic E-state index is 5.99. The lowest BCUT2D eigenvalue weighted by Gasteiger charge is -2.20. The summed E-state index contributed by atoms with van der Waals surface area (Å²) in [6, 6.07) is 19.3. The molecule has 2 aromatic carbocycles. The molecule has 0 saturated heterocycles. The van der Waals surface area contributed by atoms with Crippen LogP contribution in [0, 0.1) is 0 Å². The molecule has 18 heavy (non-hydrogen) atoms. The van der Waals surface area contributed by atoms with Gasteiger partial charge in [-0.2, -0.15) is 0 Å². The van der Waals surface area contributed by atoms with Crippen molar-refractivity contribution in [1.82, 2.24) is 0 Å². The Morgan fingerprint density at radius 3 is 2.06 bits per heavy atom. The average molecular weight is 304 g/mol. The van der Waals surface area contributed by atoms with Crippen molar-refractivity contribution < 1.29 is 0 Å². The van der Waals surface area contributed by atoms with Gasteiger partial charge in [-0.15, -0.1) is 0 Å². The molecule has 0 fully saturated rings. The van der Waals surface area contributed by atoms with Crippen molar-refractivity contribution in [3.05, 3.63) is 70.2 Å². The van der Waals surface area contributed by atoms with Gasteiger partial charge in [-0.1, -0.05) is 58.4 Å². The first-order valence-electron chi connectivity index (χ1n) is 6.23. The van der Waals surface area contributed by atoms with Crippen LogP contribution in [0.1, 0.15) is 30.4 Å². The summed E-state index contributed by atoms with van der Waals surface area (Å²) in [4.78, 5) is 0. The zero-order chi connectivity index (χ0) is 13.0. The number of hydrogen-bond donors (Lipinski definition) is 1. The summed E-state index contributed by atoms with van der Waals surface area (Å²) in [6.07, 6.45) is 0.964. The van der Waals surface area contributed by atoms with Crippen LogP contribution in [-0.2, 0) is 0 Å². The first-order valence-corrected chi connectivity index (χ1v) is 7.02. The molecule has 2 heteroatoms. The number of hydrogen-bond acceptors (Lipinski definition) is 1. The van der Waals surface area contributed by atoms with Gasteiger partial charge in [-0.3, -0.25) is 0 Å². The van der Waals surface area contributed by atoms with E-state index in [9.17, 15) is 0 Å². The minimum Gasteiger partial charge on any atom is -0.328 e. The van der Waals surface area contributed by atoms with Crippen molar-refractivity contribution in [2.45, 2.75) is 25.3 Å². The van der Waals surface area contributed by atoms with Gasteiger partial charge in [0.2, 0.25) is 0 Å². The first-order chi connectivity index (χ1) is 8.66. The molecular formula is C16H18BrN. The zero-order valence-electron chi connectivity index (χ0n) is 10.5. The summed E-state index contributed by atoms with van der Waals surface area (Å²) in [7, 11) is 0. The average Bonchev–Trinajstić information content (AvgIpc) is 2.38. The molecule has 0 bridgehead atoms. The Morgan fingerprint density at radius 1 is 0.944 bits per heavy atom. The SMILES string of the molecule is CC(N)CC(c1ccccc1)c1ccc(Br)cc1. The lowest BCUT2D eigenvalue weighted by atomic mass is 9.86. The third kappa shape index (κ3) is 3.44. The normalized spacial score (nSPS) is 14.2. The van der Waals surface area contributed by atoms with Crippen molar-refractivity contribution in [2.75, 3.05) is 0 Å². The second kappa shape index (κ2) is 6.17. The molecule has 2 aromatic rings. The fraction of sp³-hybridized carbons (Fsp3) is 0.250. The van der Waals surface area contributed by atoms with E-state index >= 15 is 0 Å². The summed E-state index contributed by atoms with van der Waals surface area (Å²) in [5, 5.41) is 0. The second-order valence-electron chi connectivity index (χ2n) is 4.73. The molecule has 2 unspecified atom stereocenters. The molecule has 0 aliphatic rings. The quantitative estimate of drug-likeness (QED) is 0.894. The number of rotatable bonds is 4. The highest BCUT2D eigenvalue weighted by Gasteiger charge is 2.15. The molecule has 1 nitrogen and oxygen atoms in total. The predicted molar refractivity (Wildman–Crippen MR) is 80.7 cm³/mol. The maximum atomic E-state index is 5.99. The van der Waals surface area contributed by atoms with Gasteiger partial charge in [0.05, 0.1) is 0 Å². The van der Waals surface area contributed by atoms with Gasteiger partial charge < -0.3 is 5.73 Å². The Bertz CT molecular complexity index is 476. The fourth-order valence-electron chi connectivity index (χ4n) is 2.22. The van der Waals surface area contributed by atoms with Crippen molar-refractivity contribution in [3.8, 4) is 0 Å². The van der Waals surface area contributed by atoms with Crippen LogP contribution < -0.4 is 5.73 Å². The van der Waals surface area contributed by atoms with Crippen molar-refractivity contribution >= 4 is 15.9 Å². The molecule has 2 N–H and O–H groups in total. The van der Waals surface area contributed by atoms with Gasteiger partial charge in [0.1, 0.15) is 0 Å². The Hall–Kier alpha value is -1.12. The highest BCUT2D eigenvalue weighted by atomic mass is 79.9. The van der Waals surface area contributed by atoms with Gasteiger partial charge in [0, 0.05) is 16.4 Å². The molecule has 2 atom stereocenters.